The predicted molar refractivity (Wildman–Crippen MR) is 47.6 cm³/mol. The van der Waals surface area contributed by atoms with E-state index in [0.29, 0.717) is 0 Å². The van der Waals surface area contributed by atoms with Crippen LogP contribution in [-0.4, -0.2) is 22.1 Å². The number of carbonyl (C=O) groups is 1. The van der Waals surface area contributed by atoms with Crippen LogP contribution in [0.5, 0.6) is 0 Å². The fraction of sp³-hybridized carbons (Fsp3) is 0.667. The number of nitrogens with two attached hydrogens (primary N) is 1. The molecule has 0 aliphatic heterocycles. The second-order valence-corrected chi connectivity index (χ2v) is 2.89. The second kappa shape index (κ2) is 4.12. The molecule has 0 saturated heterocycles. The van der Waals surface area contributed by atoms with Crippen LogP contribution in [0.25, 0.3) is 0 Å². The third-order valence-electron chi connectivity index (χ3n) is 1.03. The molecule has 0 aromatic carbocycles. The van der Waals surface area contributed by atoms with Gasteiger partial charge in [0.1, 0.15) is 0 Å². The zero-order valence-corrected chi connectivity index (χ0v) is 7.73. The van der Waals surface area contributed by atoms with Gasteiger partial charge in [0.2, 0.25) is 5.91 Å². The van der Waals surface area contributed by atoms with Crippen LogP contribution >= 0.6 is 12.2 Å². The first kappa shape index (κ1) is 10.2. The molecule has 0 spiro atoms. The van der Waals surface area contributed by atoms with Crippen LogP contribution in [0.3, 0.4) is 0 Å². The van der Waals surface area contributed by atoms with Crippen molar-refractivity contribution in [3.63, 3.8) is 0 Å². The van der Waals surface area contributed by atoms with Crippen LogP contribution in [0.1, 0.15) is 20.8 Å². The fourth-order valence-electron chi connectivity index (χ4n) is 0.608. The zero-order chi connectivity index (χ0) is 9.02. The fourth-order valence-corrected chi connectivity index (χ4v) is 0.865. The normalized spacial score (nSPS) is 9.45. The summed E-state index contributed by atoms with van der Waals surface area (Å²) in [5.74, 6) is -0.175. The van der Waals surface area contributed by atoms with Gasteiger partial charge in [-0.1, -0.05) is 0 Å². The summed E-state index contributed by atoms with van der Waals surface area (Å²) in [6.45, 7) is 5.18. The van der Waals surface area contributed by atoms with Crippen LogP contribution in [0, 0.1) is 0 Å². The van der Waals surface area contributed by atoms with Crippen molar-refractivity contribution in [2.75, 3.05) is 0 Å². The number of thiocarbonyl (C=S) groups is 1. The van der Waals surface area contributed by atoms with Gasteiger partial charge < -0.3 is 5.73 Å². The van der Waals surface area contributed by atoms with E-state index in [1.807, 2.05) is 13.8 Å². The van der Waals surface area contributed by atoms with E-state index in [2.05, 4.69) is 5.43 Å². The Balaban J connectivity index is 4.12. The first-order valence-electron chi connectivity index (χ1n) is 3.31. The Hall–Kier alpha value is -0.840. The smallest absolute Gasteiger partial charge is 0.235 e. The van der Waals surface area contributed by atoms with Crippen molar-refractivity contribution < 1.29 is 4.79 Å². The van der Waals surface area contributed by atoms with Crippen molar-refractivity contribution in [3.05, 3.63) is 0 Å². The molecule has 0 aliphatic rings. The van der Waals surface area contributed by atoms with Crippen LogP contribution in [0.15, 0.2) is 0 Å². The average molecular weight is 175 g/mol. The number of hydrogen-bond acceptors (Lipinski definition) is 2. The van der Waals surface area contributed by atoms with Crippen molar-refractivity contribution in [1.82, 2.24) is 10.4 Å². The lowest BCUT2D eigenvalue weighted by Gasteiger charge is -2.26. The maximum absolute atomic E-state index is 10.6. The molecule has 0 aliphatic carbocycles. The SMILES string of the molecule is CC(=O)NN(C(N)=S)C(C)C. The maximum Gasteiger partial charge on any atom is 0.235 e. The van der Waals surface area contributed by atoms with Gasteiger partial charge >= 0.3 is 0 Å². The average Bonchev–Trinajstić information content (AvgIpc) is 1.81. The third-order valence-corrected chi connectivity index (χ3v) is 1.23. The van der Waals surface area contributed by atoms with E-state index in [-0.39, 0.29) is 17.1 Å². The van der Waals surface area contributed by atoms with Crippen LogP contribution in [-0.2, 0) is 4.79 Å². The minimum atomic E-state index is -0.175. The molecular formula is C6H13N3OS. The molecular weight excluding hydrogens is 162 g/mol. The van der Waals surface area contributed by atoms with E-state index in [4.69, 9.17) is 18.0 Å². The lowest BCUT2D eigenvalue weighted by molar-refractivity contribution is -0.122. The number of nitrogens with zero attached hydrogens (tertiary/aromatic N) is 1. The molecule has 3 N–H and O–H groups in total. The van der Waals surface area contributed by atoms with Gasteiger partial charge in [-0.3, -0.25) is 15.2 Å². The minimum absolute atomic E-state index is 0.0800. The summed E-state index contributed by atoms with van der Waals surface area (Å²) in [6.07, 6.45) is 0. The number of hydrazine groups is 1. The summed E-state index contributed by atoms with van der Waals surface area (Å²) in [5.41, 5.74) is 7.84. The minimum Gasteiger partial charge on any atom is -0.375 e. The maximum atomic E-state index is 10.6. The molecule has 0 bridgehead atoms. The highest BCUT2D eigenvalue weighted by Crippen LogP contribution is 1.92. The molecule has 5 heteroatoms. The second-order valence-electron chi connectivity index (χ2n) is 2.47. The molecule has 1 amide bonds. The summed E-state index contributed by atoms with van der Waals surface area (Å²) in [4.78, 5) is 10.6. The molecule has 0 rings (SSSR count). The monoisotopic (exact) mass is 175 g/mol. The van der Waals surface area contributed by atoms with Crippen molar-refractivity contribution >= 4 is 23.2 Å². The molecule has 0 aromatic heterocycles. The van der Waals surface area contributed by atoms with Gasteiger partial charge in [0.15, 0.2) is 5.11 Å². The van der Waals surface area contributed by atoms with E-state index in [9.17, 15) is 4.79 Å². The van der Waals surface area contributed by atoms with Crippen molar-refractivity contribution in [2.24, 2.45) is 5.73 Å². The van der Waals surface area contributed by atoms with E-state index in [0.717, 1.165) is 0 Å². The largest absolute Gasteiger partial charge is 0.375 e. The van der Waals surface area contributed by atoms with E-state index < -0.39 is 0 Å². The highest BCUT2D eigenvalue weighted by Gasteiger charge is 2.10. The number of amides is 1. The standard InChI is InChI=1S/C6H13N3OS/c1-4(2)9(6(7)11)8-5(3)10/h4H,1-3H3,(H2,7,11)(H,8,10). The lowest BCUT2D eigenvalue weighted by atomic mass is 10.4. The van der Waals surface area contributed by atoms with Gasteiger partial charge in [-0.05, 0) is 26.1 Å². The molecule has 0 heterocycles. The van der Waals surface area contributed by atoms with Gasteiger partial charge in [0, 0.05) is 13.0 Å². The highest BCUT2D eigenvalue weighted by atomic mass is 32.1. The Kier molecular flexibility index (Phi) is 3.81. The molecule has 4 nitrogen and oxygen atoms in total. The van der Waals surface area contributed by atoms with Gasteiger partial charge in [-0.25, -0.2) is 0 Å². The lowest BCUT2D eigenvalue weighted by Crippen LogP contribution is -2.51. The number of nitrogens with one attached hydrogen (secondary N) is 1. The van der Waals surface area contributed by atoms with E-state index >= 15 is 0 Å². The molecule has 11 heavy (non-hydrogen) atoms. The summed E-state index contributed by atoms with van der Waals surface area (Å²) in [7, 11) is 0. The van der Waals surface area contributed by atoms with Gasteiger partial charge in [-0.2, -0.15) is 0 Å². The number of carbonyl (C=O) groups excluding carboxylic acids is 1. The summed E-state index contributed by atoms with van der Waals surface area (Å²) in [6, 6.07) is 0.0800. The Morgan fingerprint density at radius 1 is 1.64 bits per heavy atom. The Morgan fingerprint density at radius 3 is 2.18 bits per heavy atom. The predicted octanol–water partition coefficient (Wildman–Crippen LogP) is -0.00850. The highest BCUT2D eigenvalue weighted by molar-refractivity contribution is 7.80. The topological polar surface area (TPSA) is 58.4 Å². The Labute approximate surface area is 71.7 Å². The molecule has 0 fully saturated rings. The van der Waals surface area contributed by atoms with Crippen molar-refractivity contribution in [1.29, 1.82) is 0 Å². The van der Waals surface area contributed by atoms with Gasteiger partial charge in [0.05, 0.1) is 0 Å². The molecule has 64 valence electrons. The van der Waals surface area contributed by atoms with Crippen LogP contribution < -0.4 is 11.2 Å². The molecule has 0 radical (unpaired) electrons. The van der Waals surface area contributed by atoms with E-state index in [1.54, 1.807) is 0 Å². The molecule has 0 unspecified atom stereocenters. The van der Waals surface area contributed by atoms with Crippen molar-refractivity contribution in [3.8, 4) is 0 Å². The zero-order valence-electron chi connectivity index (χ0n) is 6.92. The third kappa shape index (κ3) is 3.77. The first-order chi connectivity index (χ1) is 4.95. The Bertz CT molecular complexity index is 169. The first-order valence-corrected chi connectivity index (χ1v) is 3.72. The van der Waals surface area contributed by atoms with Crippen molar-refractivity contribution in [2.45, 2.75) is 26.8 Å². The molecule has 0 aromatic rings. The number of hydrogen-bond donors (Lipinski definition) is 2. The summed E-state index contributed by atoms with van der Waals surface area (Å²) >= 11 is 4.70. The molecule has 0 atom stereocenters. The van der Waals surface area contributed by atoms with Gasteiger partial charge in [-0.15, -0.1) is 0 Å². The quantitative estimate of drug-likeness (QED) is 0.435. The van der Waals surface area contributed by atoms with Crippen LogP contribution in [0.4, 0.5) is 0 Å². The summed E-state index contributed by atoms with van der Waals surface area (Å²) in [5, 5.41) is 1.62. The summed E-state index contributed by atoms with van der Waals surface area (Å²) < 4.78 is 0. The molecule has 0 saturated carbocycles. The van der Waals surface area contributed by atoms with E-state index in [1.165, 1.54) is 11.9 Å². The van der Waals surface area contributed by atoms with Gasteiger partial charge in [0.25, 0.3) is 0 Å². The Morgan fingerprint density at radius 2 is 2.09 bits per heavy atom. The van der Waals surface area contributed by atoms with Crippen LogP contribution in [0.2, 0.25) is 0 Å². The number of rotatable bonds is 1.